The van der Waals surface area contributed by atoms with Gasteiger partial charge < -0.3 is 10.6 Å². The molecule has 0 aliphatic carbocycles. The summed E-state index contributed by atoms with van der Waals surface area (Å²) in [6.45, 7) is 8.42. The molecule has 0 spiro atoms. The van der Waals surface area contributed by atoms with Gasteiger partial charge in [0.15, 0.2) is 5.96 Å². The van der Waals surface area contributed by atoms with Gasteiger partial charge in [-0.3, -0.25) is 4.99 Å². The van der Waals surface area contributed by atoms with Crippen LogP contribution in [0.5, 0.6) is 0 Å². The molecule has 0 fully saturated rings. The summed E-state index contributed by atoms with van der Waals surface area (Å²) in [6.07, 6.45) is 0.969. The van der Waals surface area contributed by atoms with Crippen molar-refractivity contribution in [2.75, 3.05) is 13.1 Å². The van der Waals surface area contributed by atoms with Crippen LogP contribution in [0.1, 0.15) is 26.3 Å². The van der Waals surface area contributed by atoms with Crippen molar-refractivity contribution in [2.24, 2.45) is 16.6 Å². The van der Waals surface area contributed by atoms with Gasteiger partial charge in [-0.25, -0.2) is 0 Å². The van der Waals surface area contributed by atoms with E-state index in [9.17, 15) is 0 Å². The zero-order valence-electron chi connectivity index (χ0n) is 11.9. The number of aliphatic imine (C=N–C) groups is 1. The number of hydrogen-bond donors (Lipinski definition) is 1. The first-order valence-corrected chi connectivity index (χ1v) is 7.52. The third-order valence-corrected chi connectivity index (χ3v) is 4.08. The smallest absolute Gasteiger partial charge is 0.191 e. The third kappa shape index (κ3) is 3.30. The van der Waals surface area contributed by atoms with E-state index in [4.69, 9.17) is 5.73 Å². The summed E-state index contributed by atoms with van der Waals surface area (Å²) >= 11 is 3.47. The first-order chi connectivity index (χ1) is 8.90. The van der Waals surface area contributed by atoms with Crippen LogP contribution in [0.4, 0.5) is 0 Å². The highest BCUT2D eigenvalue weighted by Gasteiger charge is 2.38. The second-order valence-electron chi connectivity index (χ2n) is 5.98. The van der Waals surface area contributed by atoms with Crippen molar-refractivity contribution >= 4 is 21.9 Å². The molecule has 0 saturated carbocycles. The molecule has 1 atom stereocenters. The van der Waals surface area contributed by atoms with Gasteiger partial charge >= 0.3 is 0 Å². The summed E-state index contributed by atoms with van der Waals surface area (Å²) in [4.78, 5) is 6.71. The molecule has 1 aliphatic heterocycles. The van der Waals surface area contributed by atoms with Gasteiger partial charge in [0.05, 0.1) is 12.1 Å². The van der Waals surface area contributed by atoms with E-state index in [0.717, 1.165) is 24.0 Å². The predicted octanol–water partition coefficient (Wildman–Crippen LogP) is 3.04. The summed E-state index contributed by atoms with van der Waals surface area (Å²) in [6, 6.07) is 8.50. The van der Waals surface area contributed by atoms with Crippen molar-refractivity contribution in [3.05, 3.63) is 34.3 Å². The Balaban J connectivity index is 2.15. The fourth-order valence-electron chi connectivity index (χ4n) is 2.57. The summed E-state index contributed by atoms with van der Waals surface area (Å²) < 4.78 is 1.11. The molecule has 0 radical (unpaired) electrons. The topological polar surface area (TPSA) is 41.6 Å². The molecule has 1 aromatic rings. The molecule has 1 heterocycles. The summed E-state index contributed by atoms with van der Waals surface area (Å²) in [5, 5.41) is 0. The van der Waals surface area contributed by atoms with Crippen LogP contribution < -0.4 is 5.73 Å². The van der Waals surface area contributed by atoms with Crippen LogP contribution in [0.15, 0.2) is 33.7 Å². The minimum Gasteiger partial charge on any atom is -0.370 e. The molecule has 2 rings (SSSR count). The van der Waals surface area contributed by atoms with Crippen molar-refractivity contribution in [3.8, 4) is 0 Å². The minimum absolute atomic E-state index is 0.00217. The maximum atomic E-state index is 6.05. The highest BCUT2D eigenvalue weighted by Crippen LogP contribution is 2.27. The maximum Gasteiger partial charge on any atom is 0.191 e. The molecule has 19 heavy (non-hydrogen) atoms. The molecule has 1 aromatic carbocycles. The van der Waals surface area contributed by atoms with E-state index in [0.29, 0.717) is 11.9 Å². The van der Waals surface area contributed by atoms with Crippen LogP contribution in [0.3, 0.4) is 0 Å². The average molecular weight is 324 g/mol. The Hall–Kier alpha value is -1.03. The van der Waals surface area contributed by atoms with Crippen molar-refractivity contribution in [1.29, 1.82) is 0 Å². The monoisotopic (exact) mass is 323 g/mol. The molecule has 0 amide bonds. The van der Waals surface area contributed by atoms with Gasteiger partial charge in [-0.05, 0) is 37.0 Å². The maximum absolute atomic E-state index is 6.05. The van der Waals surface area contributed by atoms with E-state index >= 15 is 0 Å². The predicted molar refractivity (Wildman–Crippen MR) is 84.3 cm³/mol. The minimum atomic E-state index is 0.00217. The van der Waals surface area contributed by atoms with Gasteiger partial charge in [0, 0.05) is 11.0 Å². The largest absolute Gasteiger partial charge is 0.370 e. The lowest BCUT2D eigenvalue weighted by molar-refractivity contribution is 0.201. The van der Waals surface area contributed by atoms with Crippen molar-refractivity contribution in [2.45, 2.75) is 32.7 Å². The fourth-order valence-corrected chi connectivity index (χ4v) is 2.84. The second-order valence-corrected chi connectivity index (χ2v) is 6.89. The first kappa shape index (κ1) is 14.4. The number of nitrogens with zero attached hydrogens (tertiary/aromatic N) is 2. The van der Waals surface area contributed by atoms with E-state index in [1.807, 2.05) is 0 Å². The molecule has 1 aliphatic rings. The molecule has 104 valence electrons. The van der Waals surface area contributed by atoms with E-state index in [1.54, 1.807) is 0 Å². The average Bonchev–Trinajstić information content (AvgIpc) is 2.60. The molecule has 0 saturated heterocycles. The Morgan fingerprint density at radius 1 is 1.37 bits per heavy atom. The molecular formula is C15H22BrN3. The third-order valence-electron chi connectivity index (χ3n) is 3.56. The zero-order chi connectivity index (χ0) is 14.0. The van der Waals surface area contributed by atoms with Gasteiger partial charge in [-0.15, -0.1) is 0 Å². The summed E-state index contributed by atoms with van der Waals surface area (Å²) in [7, 11) is 0. The Kier molecular flexibility index (Phi) is 4.19. The van der Waals surface area contributed by atoms with Gasteiger partial charge in [0.25, 0.3) is 0 Å². The van der Waals surface area contributed by atoms with Crippen LogP contribution >= 0.6 is 15.9 Å². The molecule has 0 bridgehead atoms. The van der Waals surface area contributed by atoms with Crippen LogP contribution in [0.2, 0.25) is 0 Å². The highest BCUT2D eigenvalue weighted by atomic mass is 79.9. The van der Waals surface area contributed by atoms with Crippen LogP contribution in [-0.2, 0) is 6.42 Å². The fraction of sp³-hybridized carbons (Fsp3) is 0.533. The SMILES string of the molecule is CC(C)CN1C(N)=NCC1(C)Cc1ccc(Br)cc1. The molecular weight excluding hydrogens is 302 g/mol. The molecule has 0 aromatic heterocycles. The standard InChI is InChI=1S/C15H22BrN3/c1-11(2)9-19-14(17)18-10-15(19,3)8-12-4-6-13(16)7-5-12/h4-7,11H,8-10H2,1-3H3,(H2,17,18). The van der Waals surface area contributed by atoms with Gasteiger partial charge in [0.2, 0.25) is 0 Å². The van der Waals surface area contributed by atoms with E-state index in [2.05, 4.69) is 70.9 Å². The number of guanidine groups is 1. The highest BCUT2D eigenvalue weighted by molar-refractivity contribution is 9.10. The number of benzene rings is 1. The first-order valence-electron chi connectivity index (χ1n) is 6.73. The summed E-state index contributed by atoms with van der Waals surface area (Å²) in [5.41, 5.74) is 7.37. The van der Waals surface area contributed by atoms with E-state index in [1.165, 1.54) is 5.56 Å². The number of nitrogens with two attached hydrogens (primary N) is 1. The molecule has 1 unspecified atom stereocenters. The quantitative estimate of drug-likeness (QED) is 0.925. The Morgan fingerprint density at radius 3 is 2.58 bits per heavy atom. The van der Waals surface area contributed by atoms with Crippen LogP contribution in [0.25, 0.3) is 0 Å². The second kappa shape index (κ2) is 5.53. The van der Waals surface area contributed by atoms with Gasteiger partial charge in [-0.1, -0.05) is 41.9 Å². The molecule has 2 N–H and O–H groups in total. The summed E-state index contributed by atoms with van der Waals surface area (Å²) in [5.74, 6) is 1.27. The van der Waals surface area contributed by atoms with E-state index in [-0.39, 0.29) is 5.54 Å². The van der Waals surface area contributed by atoms with Crippen LogP contribution in [-0.4, -0.2) is 29.5 Å². The Morgan fingerprint density at radius 2 is 2.00 bits per heavy atom. The lowest BCUT2D eigenvalue weighted by atomic mass is 9.91. The number of rotatable bonds is 4. The van der Waals surface area contributed by atoms with E-state index < -0.39 is 0 Å². The lowest BCUT2D eigenvalue weighted by Gasteiger charge is -2.37. The number of halogens is 1. The van der Waals surface area contributed by atoms with Crippen molar-refractivity contribution < 1.29 is 0 Å². The number of hydrogen-bond acceptors (Lipinski definition) is 3. The van der Waals surface area contributed by atoms with Crippen molar-refractivity contribution in [1.82, 2.24) is 4.90 Å². The Labute approximate surface area is 124 Å². The molecule has 4 heteroatoms. The normalized spacial score (nSPS) is 23.0. The zero-order valence-corrected chi connectivity index (χ0v) is 13.4. The Bertz CT molecular complexity index is 467. The van der Waals surface area contributed by atoms with Crippen LogP contribution in [0, 0.1) is 5.92 Å². The lowest BCUT2D eigenvalue weighted by Crippen LogP contribution is -2.52. The molecule has 3 nitrogen and oxygen atoms in total. The van der Waals surface area contributed by atoms with Gasteiger partial charge in [-0.2, -0.15) is 0 Å². The van der Waals surface area contributed by atoms with Crippen molar-refractivity contribution in [3.63, 3.8) is 0 Å². The van der Waals surface area contributed by atoms with Gasteiger partial charge in [0.1, 0.15) is 0 Å².